The largest absolute Gasteiger partial charge is 0.396 e. The Morgan fingerprint density at radius 2 is 1.74 bits per heavy atom. The highest BCUT2D eigenvalue weighted by atomic mass is 16.1. The van der Waals surface area contributed by atoms with Gasteiger partial charge in [-0.15, -0.1) is 0 Å². The first-order valence-corrected chi connectivity index (χ1v) is 9.59. The van der Waals surface area contributed by atoms with Crippen LogP contribution in [0.4, 0.5) is 5.69 Å². The molecule has 5 heteroatoms. The van der Waals surface area contributed by atoms with Crippen LogP contribution in [0.5, 0.6) is 0 Å². The van der Waals surface area contributed by atoms with Gasteiger partial charge in [0.15, 0.2) is 0 Å². The summed E-state index contributed by atoms with van der Waals surface area (Å²) in [5.74, 6) is 6.49. The predicted molar refractivity (Wildman–Crippen MR) is 111 cm³/mol. The SMILES string of the molecule is CCCCCCN(N)/C1=C(\N)c2ccccc2CN(C=O)c2ccccc21. The Balaban J connectivity index is 2.11. The van der Waals surface area contributed by atoms with Gasteiger partial charge in [-0.3, -0.25) is 4.79 Å². The first-order chi connectivity index (χ1) is 13.2. The number of carbonyl (C=O) groups excluding carboxylic acids is 1. The molecule has 2 aromatic carbocycles. The molecule has 142 valence electrons. The molecule has 0 aliphatic carbocycles. The average molecular weight is 364 g/mol. The molecule has 0 spiro atoms. The van der Waals surface area contributed by atoms with E-state index < -0.39 is 0 Å². The van der Waals surface area contributed by atoms with E-state index in [1.54, 1.807) is 9.91 Å². The summed E-state index contributed by atoms with van der Waals surface area (Å²) in [6, 6.07) is 15.7. The van der Waals surface area contributed by atoms with E-state index in [-0.39, 0.29) is 0 Å². The highest BCUT2D eigenvalue weighted by Gasteiger charge is 2.24. The molecule has 0 aromatic heterocycles. The van der Waals surface area contributed by atoms with Crippen LogP contribution < -0.4 is 16.5 Å². The third kappa shape index (κ3) is 3.98. The summed E-state index contributed by atoms with van der Waals surface area (Å²) in [7, 11) is 0. The van der Waals surface area contributed by atoms with Gasteiger partial charge in [-0.25, -0.2) is 5.84 Å². The molecule has 0 radical (unpaired) electrons. The van der Waals surface area contributed by atoms with E-state index in [0.29, 0.717) is 18.8 Å². The average Bonchev–Trinajstić information content (AvgIpc) is 2.69. The van der Waals surface area contributed by atoms with E-state index in [0.717, 1.165) is 47.3 Å². The van der Waals surface area contributed by atoms with Crippen molar-refractivity contribution >= 4 is 23.5 Å². The zero-order valence-electron chi connectivity index (χ0n) is 15.9. The molecule has 0 fully saturated rings. The van der Waals surface area contributed by atoms with Crippen molar-refractivity contribution in [2.75, 3.05) is 11.4 Å². The number of benzene rings is 2. The lowest BCUT2D eigenvalue weighted by molar-refractivity contribution is -0.107. The van der Waals surface area contributed by atoms with Crippen LogP contribution >= 0.6 is 0 Å². The molecule has 4 N–H and O–H groups in total. The number of unbranched alkanes of at least 4 members (excludes halogenated alkanes) is 3. The number of anilines is 1. The predicted octanol–water partition coefficient (Wildman–Crippen LogP) is 3.70. The van der Waals surface area contributed by atoms with Gasteiger partial charge in [0.25, 0.3) is 0 Å². The van der Waals surface area contributed by atoms with Gasteiger partial charge in [-0.1, -0.05) is 68.7 Å². The van der Waals surface area contributed by atoms with Gasteiger partial charge in [0.1, 0.15) is 0 Å². The van der Waals surface area contributed by atoms with Crippen LogP contribution in [0.3, 0.4) is 0 Å². The van der Waals surface area contributed by atoms with E-state index >= 15 is 0 Å². The van der Waals surface area contributed by atoms with Gasteiger partial charge in [-0.2, -0.15) is 0 Å². The standard InChI is InChI=1S/C22H28N4O/c1-2-3-4-9-14-26(24)22-19-12-7-8-13-20(19)25(16-27)15-17-10-5-6-11-18(17)21(22)23/h5-8,10-13,16H,2-4,9,14-15,23-24H2,1H3/b22-21-. The van der Waals surface area contributed by atoms with E-state index in [4.69, 9.17) is 11.6 Å². The molecular formula is C22H28N4O. The van der Waals surface area contributed by atoms with E-state index in [1.807, 2.05) is 48.5 Å². The zero-order chi connectivity index (χ0) is 19.2. The van der Waals surface area contributed by atoms with Crippen LogP contribution in [0.2, 0.25) is 0 Å². The summed E-state index contributed by atoms with van der Waals surface area (Å²) in [4.78, 5) is 13.5. The first-order valence-electron chi connectivity index (χ1n) is 9.59. The second-order valence-corrected chi connectivity index (χ2v) is 6.92. The van der Waals surface area contributed by atoms with E-state index in [2.05, 4.69) is 6.92 Å². The smallest absolute Gasteiger partial charge is 0.214 e. The van der Waals surface area contributed by atoms with Crippen LogP contribution in [-0.4, -0.2) is 18.0 Å². The van der Waals surface area contributed by atoms with E-state index in [9.17, 15) is 4.79 Å². The number of fused-ring (bicyclic) bond motifs is 2. The molecule has 1 heterocycles. The number of nitrogens with two attached hydrogens (primary N) is 2. The van der Waals surface area contributed by atoms with Crippen molar-refractivity contribution in [2.45, 2.75) is 39.2 Å². The minimum atomic E-state index is 0.478. The minimum Gasteiger partial charge on any atom is -0.396 e. The molecule has 1 amide bonds. The topological polar surface area (TPSA) is 75.6 Å². The molecule has 0 unspecified atom stereocenters. The number of amides is 1. The zero-order valence-corrected chi connectivity index (χ0v) is 15.9. The van der Waals surface area contributed by atoms with E-state index in [1.165, 1.54) is 12.8 Å². The normalized spacial score (nSPS) is 16.1. The lowest BCUT2D eigenvalue weighted by Gasteiger charge is -2.31. The fourth-order valence-electron chi connectivity index (χ4n) is 3.61. The summed E-state index contributed by atoms with van der Waals surface area (Å²) in [5.41, 5.74) is 11.7. The monoisotopic (exact) mass is 364 g/mol. The molecule has 5 nitrogen and oxygen atoms in total. The highest BCUT2D eigenvalue weighted by Crippen LogP contribution is 2.36. The molecule has 1 aliphatic rings. The van der Waals surface area contributed by atoms with Crippen molar-refractivity contribution in [1.29, 1.82) is 0 Å². The van der Waals surface area contributed by atoms with Gasteiger partial charge in [0, 0.05) is 17.7 Å². The van der Waals surface area contributed by atoms with Gasteiger partial charge in [0.05, 0.1) is 23.6 Å². The molecule has 1 aliphatic heterocycles. The van der Waals surface area contributed by atoms with Crippen molar-refractivity contribution in [3.63, 3.8) is 0 Å². The molecule has 0 atom stereocenters. The Labute approximate surface area is 161 Å². The van der Waals surface area contributed by atoms with Crippen LogP contribution in [0, 0.1) is 0 Å². The summed E-state index contributed by atoms with van der Waals surface area (Å²) in [6.07, 6.45) is 5.38. The van der Waals surface area contributed by atoms with Gasteiger partial charge >= 0.3 is 0 Å². The van der Waals surface area contributed by atoms with Crippen molar-refractivity contribution < 1.29 is 4.79 Å². The summed E-state index contributed by atoms with van der Waals surface area (Å²) in [5, 5.41) is 1.74. The molecule has 3 rings (SSSR count). The van der Waals surface area contributed by atoms with Crippen LogP contribution in [0.15, 0.2) is 48.5 Å². The number of hydrogen-bond donors (Lipinski definition) is 2. The van der Waals surface area contributed by atoms with Crippen LogP contribution in [0.1, 0.15) is 49.3 Å². The maximum Gasteiger partial charge on any atom is 0.214 e. The fourth-order valence-corrected chi connectivity index (χ4v) is 3.61. The summed E-state index contributed by atoms with van der Waals surface area (Å²) in [6.45, 7) is 3.39. The lowest BCUT2D eigenvalue weighted by Crippen LogP contribution is -2.34. The van der Waals surface area contributed by atoms with Crippen molar-refractivity contribution in [1.82, 2.24) is 5.01 Å². The number of nitrogens with zero attached hydrogens (tertiary/aromatic N) is 2. The Bertz CT molecular complexity index is 831. The number of para-hydroxylation sites is 1. The lowest BCUT2D eigenvalue weighted by atomic mass is 9.96. The maximum atomic E-state index is 11.8. The Hall–Kier alpha value is -2.79. The Morgan fingerprint density at radius 1 is 1.04 bits per heavy atom. The van der Waals surface area contributed by atoms with Crippen molar-refractivity contribution in [2.24, 2.45) is 11.6 Å². The van der Waals surface area contributed by atoms with Gasteiger partial charge in [-0.05, 0) is 18.1 Å². The van der Waals surface area contributed by atoms with Crippen molar-refractivity contribution in [3.8, 4) is 0 Å². The number of rotatable bonds is 7. The Morgan fingerprint density at radius 3 is 2.48 bits per heavy atom. The number of hydrazine groups is 1. The molecule has 27 heavy (non-hydrogen) atoms. The summed E-state index contributed by atoms with van der Waals surface area (Å²) >= 11 is 0. The minimum absolute atomic E-state index is 0.478. The second-order valence-electron chi connectivity index (χ2n) is 6.92. The molecular weight excluding hydrogens is 336 g/mol. The maximum absolute atomic E-state index is 11.8. The second kappa shape index (κ2) is 8.73. The molecule has 2 aromatic rings. The first kappa shape index (κ1) is 19.0. The summed E-state index contributed by atoms with van der Waals surface area (Å²) < 4.78 is 0. The van der Waals surface area contributed by atoms with Crippen molar-refractivity contribution in [3.05, 3.63) is 65.2 Å². The third-order valence-corrected chi connectivity index (χ3v) is 5.04. The molecule has 0 bridgehead atoms. The fraction of sp³-hybridized carbons (Fsp3) is 0.318. The third-order valence-electron chi connectivity index (χ3n) is 5.04. The number of hydrogen-bond acceptors (Lipinski definition) is 4. The quantitative estimate of drug-likeness (QED) is 0.340. The Kier molecular flexibility index (Phi) is 6.14. The highest BCUT2D eigenvalue weighted by molar-refractivity contribution is 5.96. The number of carbonyl (C=O) groups is 1. The van der Waals surface area contributed by atoms with Gasteiger partial charge < -0.3 is 15.6 Å². The molecule has 0 saturated carbocycles. The van der Waals surface area contributed by atoms with Crippen LogP contribution in [-0.2, 0) is 11.3 Å². The van der Waals surface area contributed by atoms with Crippen LogP contribution in [0.25, 0.3) is 11.4 Å². The van der Waals surface area contributed by atoms with Gasteiger partial charge in [0.2, 0.25) is 6.41 Å². The molecule has 0 saturated heterocycles.